The molecule has 7 nitrogen and oxygen atoms in total. The number of carbonyl (C=O) groups is 1. The second-order valence-corrected chi connectivity index (χ2v) is 6.28. The zero-order valence-electron chi connectivity index (χ0n) is 16.4. The summed E-state index contributed by atoms with van der Waals surface area (Å²) in [6, 6.07) is 8.62. The number of rotatable bonds is 6. The average molecular weight is 490 g/mol. The fourth-order valence-electron chi connectivity index (χ4n) is 2.91. The van der Waals surface area contributed by atoms with E-state index >= 15 is 0 Å². The molecule has 1 aromatic carbocycles. The molecule has 1 aliphatic heterocycles. The van der Waals surface area contributed by atoms with Crippen molar-refractivity contribution < 1.29 is 14.3 Å². The summed E-state index contributed by atoms with van der Waals surface area (Å²) in [6.45, 7) is 4.98. The van der Waals surface area contributed by atoms with Gasteiger partial charge in [0, 0.05) is 39.8 Å². The summed E-state index contributed by atoms with van der Waals surface area (Å²) in [4.78, 5) is 17.8. The number of piperidine rings is 1. The Morgan fingerprint density at radius 1 is 1.22 bits per heavy atom. The minimum absolute atomic E-state index is 0. The largest absolute Gasteiger partial charge is 0.450 e. The molecule has 152 valence electrons. The van der Waals surface area contributed by atoms with Gasteiger partial charge in [-0.3, -0.25) is 4.99 Å². The second kappa shape index (κ2) is 12.8. The van der Waals surface area contributed by atoms with Gasteiger partial charge in [-0.1, -0.05) is 24.3 Å². The highest BCUT2D eigenvalue weighted by Gasteiger charge is 2.23. The maximum Gasteiger partial charge on any atom is 0.409 e. The van der Waals surface area contributed by atoms with Crippen LogP contribution in [0.25, 0.3) is 0 Å². The van der Waals surface area contributed by atoms with E-state index in [9.17, 15) is 4.79 Å². The number of aliphatic imine (C=N–C) groups is 1. The molecule has 1 saturated heterocycles. The number of carbonyl (C=O) groups excluding carboxylic acids is 1. The highest BCUT2D eigenvalue weighted by atomic mass is 127. The summed E-state index contributed by atoms with van der Waals surface area (Å²) >= 11 is 0. The van der Waals surface area contributed by atoms with E-state index in [2.05, 4.69) is 39.9 Å². The van der Waals surface area contributed by atoms with E-state index in [0.717, 1.165) is 24.4 Å². The first kappa shape index (κ1) is 23.5. The normalized spacial score (nSPS) is 15.1. The Bertz CT molecular complexity index is 587. The van der Waals surface area contributed by atoms with E-state index in [1.54, 1.807) is 19.1 Å². The summed E-state index contributed by atoms with van der Waals surface area (Å²) in [5.41, 5.74) is 2.34. The van der Waals surface area contributed by atoms with Gasteiger partial charge in [-0.2, -0.15) is 0 Å². The molecule has 0 unspecified atom stereocenters. The van der Waals surface area contributed by atoms with Gasteiger partial charge in [-0.25, -0.2) is 4.79 Å². The van der Waals surface area contributed by atoms with Crippen LogP contribution in [-0.4, -0.2) is 56.8 Å². The van der Waals surface area contributed by atoms with Gasteiger partial charge in [-0.15, -0.1) is 24.0 Å². The Kier molecular flexibility index (Phi) is 11.1. The minimum atomic E-state index is -0.217. The van der Waals surface area contributed by atoms with Crippen LogP contribution in [0.1, 0.15) is 30.9 Å². The number of amides is 1. The summed E-state index contributed by atoms with van der Waals surface area (Å²) in [5, 5.41) is 6.78. The van der Waals surface area contributed by atoms with E-state index in [0.29, 0.717) is 38.9 Å². The monoisotopic (exact) mass is 490 g/mol. The molecule has 1 aliphatic rings. The lowest BCUT2D eigenvalue weighted by Gasteiger charge is -2.32. The van der Waals surface area contributed by atoms with Gasteiger partial charge in [-0.05, 0) is 30.9 Å². The molecule has 0 saturated carbocycles. The third-order valence-corrected chi connectivity index (χ3v) is 4.38. The number of hydrogen-bond donors (Lipinski definition) is 2. The number of halogens is 1. The standard InChI is InChI=1S/C19H30N4O3.HI/c1-4-26-19(24)23-11-9-17(10-12-23)22-18(20-2)21-13-15-5-7-16(8-6-15)14-25-3;/h5-8,17H,4,9-14H2,1-3H3,(H2,20,21,22);1H. The third-order valence-electron chi connectivity index (χ3n) is 4.38. The number of methoxy groups -OCH3 is 1. The van der Waals surface area contributed by atoms with E-state index in [-0.39, 0.29) is 30.1 Å². The number of nitrogens with zero attached hydrogens (tertiary/aromatic N) is 2. The van der Waals surface area contributed by atoms with Crippen LogP contribution < -0.4 is 10.6 Å². The molecule has 0 aromatic heterocycles. The number of guanidine groups is 1. The quantitative estimate of drug-likeness (QED) is 0.365. The van der Waals surface area contributed by atoms with Gasteiger partial charge < -0.3 is 25.0 Å². The fraction of sp³-hybridized carbons (Fsp3) is 0.579. The van der Waals surface area contributed by atoms with Gasteiger partial charge in [0.2, 0.25) is 0 Å². The Balaban J connectivity index is 0.00000364. The average Bonchev–Trinajstić information content (AvgIpc) is 2.67. The lowest BCUT2D eigenvalue weighted by atomic mass is 10.1. The van der Waals surface area contributed by atoms with Crippen LogP contribution in [0.3, 0.4) is 0 Å². The summed E-state index contributed by atoms with van der Waals surface area (Å²) < 4.78 is 10.2. The topological polar surface area (TPSA) is 75.2 Å². The predicted octanol–water partition coefficient (Wildman–Crippen LogP) is 2.74. The van der Waals surface area contributed by atoms with E-state index < -0.39 is 0 Å². The predicted molar refractivity (Wildman–Crippen MR) is 118 cm³/mol. The molecular weight excluding hydrogens is 459 g/mol. The Morgan fingerprint density at radius 3 is 2.41 bits per heavy atom. The molecule has 8 heteroatoms. The molecule has 1 heterocycles. The van der Waals surface area contributed by atoms with Gasteiger partial charge in [0.1, 0.15) is 0 Å². The van der Waals surface area contributed by atoms with Crippen molar-refractivity contribution in [2.75, 3.05) is 33.9 Å². The molecule has 2 rings (SSSR count). The van der Waals surface area contributed by atoms with Crippen LogP contribution in [0.2, 0.25) is 0 Å². The number of benzene rings is 1. The van der Waals surface area contributed by atoms with Gasteiger partial charge in [0.25, 0.3) is 0 Å². The molecule has 1 aromatic rings. The zero-order chi connectivity index (χ0) is 18.8. The number of likely N-dealkylation sites (tertiary alicyclic amines) is 1. The zero-order valence-corrected chi connectivity index (χ0v) is 18.7. The van der Waals surface area contributed by atoms with E-state index in [4.69, 9.17) is 9.47 Å². The first-order valence-corrected chi connectivity index (χ1v) is 9.12. The van der Waals surface area contributed by atoms with E-state index in [1.807, 2.05) is 6.92 Å². The smallest absolute Gasteiger partial charge is 0.409 e. The Morgan fingerprint density at radius 2 is 1.85 bits per heavy atom. The molecular formula is C19H31IN4O3. The van der Waals surface area contributed by atoms with Crippen LogP contribution in [0.15, 0.2) is 29.3 Å². The number of ether oxygens (including phenoxy) is 2. The maximum absolute atomic E-state index is 11.7. The molecule has 2 N–H and O–H groups in total. The van der Waals surface area contributed by atoms with Crippen molar-refractivity contribution in [3.8, 4) is 0 Å². The lowest BCUT2D eigenvalue weighted by Crippen LogP contribution is -2.49. The first-order valence-electron chi connectivity index (χ1n) is 9.12. The van der Waals surface area contributed by atoms with Crippen molar-refractivity contribution in [3.63, 3.8) is 0 Å². The number of nitrogens with one attached hydrogen (secondary N) is 2. The number of hydrogen-bond acceptors (Lipinski definition) is 4. The SMILES string of the molecule is CCOC(=O)N1CCC(NC(=NC)NCc2ccc(COC)cc2)CC1.I. The third kappa shape index (κ3) is 7.92. The summed E-state index contributed by atoms with van der Waals surface area (Å²) in [5.74, 6) is 0.778. The fourth-order valence-corrected chi connectivity index (χ4v) is 2.91. The van der Waals surface area contributed by atoms with Crippen LogP contribution in [0.4, 0.5) is 4.79 Å². The van der Waals surface area contributed by atoms with E-state index in [1.165, 1.54) is 5.56 Å². The lowest BCUT2D eigenvalue weighted by molar-refractivity contribution is 0.0963. The maximum atomic E-state index is 11.7. The first-order chi connectivity index (χ1) is 12.7. The molecule has 0 atom stereocenters. The van der Waals surface area contributed by atoms with Crippen molar-refractivity contribution in [1.29, 1.82) is 0 Å². The van der Waals surface area contributed by atoms with Crippen LogP contribution in [-0.2, 0) is 22.6 Å². The molecule has 0 aliphatic carbocycles. The molecule has 1 amide bonds. The van der Waals surface area contributed by atoms with Gasteiger partial charge >= 0.3 is 6.09 Å². The molecule has 1 fully saturated rings. The van der Waals surface area contributed by atoms with Crippen molar-refractivity contribution in [2.24, 2.45) is 4.99 Å². The van der Waals surface area contributed by atoms with Gasteiger partial charge in [0.15, 0.2) is 5.96 Å². The highest BCUT2D eigenvalue weighted by Crippen LogP contribution is 2.11. The van der Waals surface area contributed by atoms with Crippen molar-refractivity contribution in [3.05, 3.63) is 35.4 Å². The second-order valence-electron chi connectivity index (χ2n) is 6.28. The van der Waals surface area contributed by atoms with Crippen LogP contribution >= 0.6 is 24.0 Å². The van der Waals surface area contributed by atoms with Gasteiger partial charge in [0.05, 0.1) is 13.2 Å². The molecule has 0 radical (unpaired) electrons. The van der Waals surface area contributed by atoms with Crippen LogP contribution in [0.5, 0.6) is 0 Å². The van der Waals surface area contributed by atoms with Crippen molar-refractivity contribution in [2.45, 2.75) is 39.0 Å². The molecule has 27 heavy (non-hydrogen) atoms. The Labute approximate surface area is 178 Å². The molecule has 0 bridgehead atoms. The molecule has 0 spiro atoms. The van der Waals surface area contributed by atoms with Crippen molar-refractivity contribution in [1.82, 2.24) is 15.5 Å². The minimum Gasteiger partial charge on any atom is -0.450 e. The summed E-state index contributed by atoms with van der Waals surface area (Å²) in [7, 11) is 3.47. The van der Waals surface area contributed by atoms with Crippen LogP contribution in [0, 0.1) is 0 Å². The summed E-state index contributed by atoms with van der Waals surface area (Å²) in [6.07, 6.45) is 1.54. The highest BCUT2D eigenvalue weighted by molar-refractivity contribution is 14.0. The van der Waals surface area contributed by atoms with Crippen molar-refractivity contribution >= 4 is 36.0 Å². The Hall–Kier alpha value is -1.55.